The SMILES string of the molecule is O=C(O)c1ccccc1SCc1c(F)cccc1Cl. The minimum atomic E-state index is -0.997. The fraction of sp³-hybridized carbons (Fsp3) is 0.0714. The Kier molecular flexibility index (Phi) is 4.45. The number of hydrogen-bond acceptors (Lipinski definition) is 2. The number of benzene rings is 2. The highest BCUT2D eigenvalue weighted by molar-refractivity contribution is 7.98. The van der Waals surface area contributed by atoms with Gasteiger partial charge in [0.05, 0.1) is 5.56 Å². The molecule has 0 saturated carbocycles. The molecule has 2 aromatic rings. The van der Waals surface area contributed by atoms with Gasteiger partial charge in [-0.15, -0.1) is 11.8 Å². The lowest BCUT2D eigenvalue weighted by Crippen LogP contribution is -1.98. The summed E-state index contributed by atoms with van der Waals surface area (Å²) in [6.07, 6.45) is 0. The van der Waals surface area contributed by atoms with Crippen molar-refractivity contribution in [3.8, 4) is 0 Å². The molecule has 0 radical (unpaired) electrons. The van der Waals surface area contributed by atoms with E-state index in [1.54, 1.807) is 24.3 Å². The van der Waals surface area contributed by atoms with Crippen LogP contribution in [0.3, 0.4) is 0 Å². The summed E-state index contributed by atoms with van der Waals surface area (Å²) in [5.74, 6) is -1.09. The average Bonchev–Trinajstić information content (AvgIpc) is 2.38. The zero-order valence-electron chi connectivity index (χ0n) is 9.77. The largest absolute Gasteiger partial charge is 0.478 e. The Hall–Kier alpha value is -1.52. The Morgan fingerprint density at radius 2 is 1.95 bits per heavy atom. The summed E-state index contributed by atoms with van der Waals surface area (Å²) in [6.45, 7) is 0. The number of carboxylic acids is 1. The van der Waals surface area contributed by atoms with Crippen LogP contribution >= 0.6 is 23.4 Å². The first-order chi connectivity index (χ1) is 9.09. The Morgan fingerprint density at radius 3 is 2.63 bits per heavy atom. The maximum Gasteiger partial charge on any atom is 0.336 e. The lowest BCUT2D eigenvalue weighted by Gasteiger charge is -2.07. The average molecular weight is 297 g/mol. The number of thioether (sulfide) groups is 1. The fourth-order valence-electron chi connectivity index (χ4n) is 1.59. The highest BCUT2D eigenvalue weighted by Gasteiger charge is 2.12. The molecule has 0 aromatic heterocycles. The van der Waals surface area contributed by atoms with Crippen molar-refractivity contribution in [1.82, 2.24) is 0 Å². The molecule has 1 N–H and O–H groups in total. The molecule has 0 unspecified atom stereocenters. The first-order valence-corrected chi connectivity index (χ1v) is 6.84. The van der Waals surface area contributed by atoms with Gasteiger partial charge in [-0.3, -0.25) is 0 Å². The van der Waals surface area contributed by atoms with Crippen molar-refractivity contribution in [2.45, 2.75) is 10.6 Å². The van der Waals surface area contributed by atoms with Crippen molar-refractivity contribution in [1.29, 1.82) is 0 Å². The molecule has 0 aliphatic rings. The second kappa shape index (κ2) is 6.08. The maximum absolute atomic E-state index is 13.6. The molecule has 0 atom stereocenters. The van der Waals surface area contributed by atoms with Crippen molar-refractivity contribution in [2.24, 2.45) is 0 Å². The van der Waals surface area contributed by atoms with E-state index in [0.29, 0.717) is 15.5 Å². The number of halogens is 2. The standard InChI is InChI=1S/C14H10ClFO2S/c15-11-5-3-6-12(16)10(11)8-19-13-7-2-1-4-9(13)14(17)18/h1-7H,8H2,(H,17,18). The fourth-order valence-corrected chi connectivity index (χ4v) is 2.98. The van der Waals surface area contributed by atoms with Crippen LogP contribution in [0.4, 0.5) is 4.39 Å². The molecule has 5 heteroatoms. The topological polar surface area (TPSA) is 37.3 Å². The lowest BCUT2D eigenvalue weighted by molar-refractivity contribution is 0.0693. The normalized spacial score (nSPS) is 10.4. The highest BCUT2D eigenvalue weighted by Crippen LogP contribution is 2.30. The summed E-state index contributed by atoms with van der Waals surface area (Å²) < 4.78 is 13.6. The molecule has 0 saturated heterocycles. The Morgan fingerprint density at radius 1 is 1.21 bits per heavy atom. The summed E-state index contributed by atoms with van der Waals surface area (Å²) in [5, 5.41) is 9.41. The van der Waals surface area contributed by atoms with E-state index < -0.39 is 5.97 Å². The smallest absolute Gasteiger partial charge is 0.336 e. The van der Waals surface area contributed by atoms with E-state index in [1.165, 1.54) is 30.0 Å². The summed E-state index contributed by atoms with van der Waals surface area (Å²) in [6, 6.07) is 11.1. The van der Waals surface area contributed by atoms with E-state index in [4.69, 9.17) is 16.7 Å². The molecule has 0 aliphatic heterocycles. The van der Waals surface area contributed by atoms with Crippen LogP contribution in [-0.4, -0.2) is 11.1 Å². The molecule has 2 nitrogen and oxygen atoms in total. The third-order valence-corrected chi connectivity index (χ3v) is 4.01. The van der Waals surface area contributed by atoms with Crippen molar-refractivity contribution >= 4 is 29.3 Å². The van der Waals surface area contributed by atoms with E-state index in [9.17, 15) is 9.18 Å². The van der Waals surface area contributed by atoms with Crippen molar-refractivity contribution in [3.05, 3.63) is 64.4 Å². The van der Waals surface area contributed by atoms with Crippen LogP contribution in [0.5, 0.6) is 0 Å². The molecule has 0 amide bonds. The summed E-state index contributed by atoms with van der Waals surface area (Å²) in [5.41, 5.74) is 0.592. The predicted molar refractivity (Wildman–Crippen MR) is 74.4 cm³/mol. The van der Waals surface area contributed by atoms with Gasteiger partial charge >= 0.3 is 5.97 Å². The number of rotatable bonds is 4. The van der Waals surface area contributed by atoms with Gasteiger partial charge in [-0.05, 0) is 24.3 Å². The van der Waals surface area contributed by atoms with Crippen molar-refractivity contribution in [3.63, 3.8) is 0 Å². The molecule has 0 bridgehead atoms. The number of aromatic carboxylic acids is 1. The van der Waals surface area contributed by atoms with Crippen molar-refractivity contribution in [2.75, 3.05) is 0 Å². The Balaban J connectivity index is 2.22. The van der Waals surface area contributed by atoms with E-state index >= 15 is 0 Å². The molecule has 0 spiro atoms. The van der Waals surface area contributed by atoms with Crippen LogP contribution in [0.1, 0.15) is 15.9 Å². The molecule has 2 rings (SSSR count). The molecule has 0 heterocycles. The Bertz CT molecular complexity index is 596. The number of carbonyl (C=O) groups is 1. The summed E-state index contributed by atoms with van der Waals surface area (Å²) >= 11 is 7.18. The first-order valence-electron chi connectivity index (χ1n) is 5.47. The minimum absolute atomic E-state index is 0.208. The third-order valence-electron chi connectivity index (χ3n) is 2.55. The van der Waals surface area contributed by atoms with Crippen LogP contribution in [0.15, 0.2) is 47.4 Å². The van der Waals surface area contributed by atoms with Crippen LogP contribution < -0.4 is 0 Å². The van der Waals surface area contributed by atoms with Gasteiger partial charge in [0.2, 0.25) is 0 Å². The molecule has 0 fully saturated rings. The monoisotopic (exact) mass is 296 g/mol. The van der Waals surface area contributed by atoms with Gasteiger partial charge in [-0.1, -0.05) is 29.8 Å². The van der Waals surface area contributed by atoms with E-state index in [2.05, 4.69) is 0 Å². The zero-order chi connectivity index (χ0) is 13.8. The minimum Gasteiger partial charge on any atom is -0.478 e. The molecular weight excluding hydrogens is 287 g/mol. The maximum atomic E-state index is 13.6. The third kappa shape index (κ3) is 3.28. The van der Waals surface area contributed by atoms with E-state index in [0.717, 1.165) is 0 Å². The summed E-state index contributed by atoms with van der Waals surface area (Å²) in [7, 11) is 0. The first kappa shape index (κ1) is 13.9. The number of carboxylic acid groups (broad SMARTS) is 1. The van der Waals surface area contributed by atoms with Gasteiger partial charge in [0.1, 0.15) is 5.82 Å². The van der Waals surface area contributed by atoms with E-state index in [1.807, 2.05) is 0 Å². The van der Waals surface area contributed by atoms with Crippen LogP contribution in [0.25, 0.3) is 0 Å². The van der Waals surface area contributed by atoms with Crippen LogP contribution in [0, 0.1) is 5.82 Å². The van der Waals surface area contributed by atoms with Crippen LogP contribution in [-0.2, 0) is 5.75 Å². The molecule has 19 heavy (non-hydrogen) atoms. The number of hydrogen-bond donors (Lipinski definition) is 1. The second-order valence-electron chi connectivity index (χ2n) is 3.79. The van der Waals surface area contributed by atoms with Gasteiger partial charge in [0.25, 0.3) is 0 Å². The van der Waals surface area contributed by atoms with Crippen LogP contribution in [0.2, 0.25) is 5.02 Å². The lowest BCUT2D eigenvalue weighted by atomic mass is 10.2. The molecule has 98 valence electrons. The molecule has 0 aliphatic carbocycles. The zero-order valence-corrected chi connectivity index (χ0v) is 11.3. The molecular formula is C14H10ClFO2S. The van der Waals surface area contributed by atoms with Gasteiger partial charge in [-0.25, -0.2) is 9.18 Å². The summed E-state index contributed by atoms with van der Waals surface area (Å²) in [4.78, 5) is 11.6. The highest BCUT2D eigenvalue weighted by atomic mass is 35.5. The van der Waals surface area contributed by atoms with Crippen molar-refractivity contribution < 1.29 is 14.3 Å². The van der Waals surface area contributed by atoms with Gasteiger partial charge in [0.15, 0.2) is 0 Å². The van der Waals surface area contributed by atoms with Gasteiger partial charge < -0.3 is 5.11 Å². The quantitative estimate of drug-likeness (QED) is 0.846. The molecule has 2 aromatic carbocycles. The van der Waals surface area contributed by atoms with E-state index in [-0.39, 0.29) is 17.1 Å². The van der Waals surface area contributed by atoms with Gasteiger partial charge in [0, 0.05) is 21.2 Å². The Labute approximate surface area is 119 Å². The second-order valence-corrected chi connectivity index (χ2v) is 5.21. The predicted octanol–water partition coefficient (Wildman–Crippen LogP) is 4.47. The van der Waals surface area contributed by atoms with Gasteiger partial charge in [-0.2, -0.15) is 0 Å².